The van der Waals surface area contributed by atoms with Crippen LogP contribution in [-0.2, 0) is 4.74 Å². The van der Waals surface area contributed by atoms with Crippen molar-refractivity contribution in [3.8, 4) is 5.75 Å². The average Bonchev–Trinajstić information content (AvgIpc) is 3.31. The monoisotopic (exact) mass is 366 g/mol. The summed E-state index contributed by atoms with van der Waals surface area (Å²) in [6.07, 6.45) is 3.30. The zero-order valence-corrected chi connectivity index (χ0v) is 15.1. The van der Waals surface area contributed by atoms with Crippen molar-refractivity contribution in [2.24, 2.45) is 0 Å². The number of fused-ring (bicyclic) bond motifs is 2. The van der Waals surface area contributed by atoms with Crippen LogP contribution in [0.15, 0.2) is 48.5 Å². The molecule has 3 atom stereocenters. The van der Waals surface area contributed by atoms with E-state index in [0.717, 1.165) is 19.3 Å². The third kappa shape index (κ3) is 3.66. The number of para-hydroxylation sites is 1. The molecule has 2 N–H and O–H groups in total. The van der Waals surface area contributed by atoms with Crippen LogP contribution in [0.5, 0.6) is 5.75 Å². The molecule has 4 rings (SSSR count). The lowest BCUT2D eigenvalue weighted by Crippen LogP contribution is -2.41. The minimum atomic E-state index is -0.277. The average molecular weight is 366 g/mol. The summed E-state index contributed by atoms with van der Waals surface area (Å²) in [5, 5.41) is 5.90. The molecule has 6 heteroatoms. The van der Waals surface area contributed by atoms with E-state index in [0.29, 0.717) is 22.6 Å². The zero-order chi connectivity index (χ0) is 18.8. The van der Waals surface area contributed by atoms with E-state index in [-0.39, 0.29) is 30.1 Å². The molecule has 2 saturated heterocycles. The van der Waals surface area contributed by atoms with Crippen molar-refractivity contribution < 1.29 is 19.1 Å². The maximum atomic E-state index is 12.8. The van der Waals surface area contributed by atoms with Gasteiger partial charge in [-0.1, -0.05) is 12.1 Å². The van der Waals surface area contributed by atoms with Crippen molar-refractivity contribution in [3.63, 3.8) is 0 Å². The lowest BCUT2D eigenvalue weighted by molar-refractivity contribution is 0.0841. The standard InChI is InChI=1S/C21H22N2O4/c1-26-14-8-6-13(7-9-14)20(24)22-17-5-3-2-4-16(17)21(25)23-18-12-15-10-11-19(18)27-15/h2-9,15,18-19H,10-12H2,1H3,(H,22,24)(H,23,25)/t15-,18-,19+/m1/s1. The number of ether oxygens (including phenoxy) is 2. The molecule has 2 aromatic carbocycles. The van der Waals surface area contributed by atoms with Gasteiger partial charge in [0.25, 0.3) is 11.8 Å². The van der Waals surface area contributed by atoms with Crippen molar-refractivity contribution >= 4 is 17.5 Å². The fourth-order valence-electron chi connectivity index (χ4n) is 3.76. The molecular weight excluding hydrogens is 344 g/mol. The van der Waals surface area contributed by atoms with E-state index >= 15 is 0 Å². The highest BCUT2D eigenvalue weighted by Gasteiger charge is 2.41. The molecule has 0 saturated carbocycles. The van der Waals surface area contributed by atoms with Crippen molar-refractivity contribution in [3.05, 3.63) is 59.7 Å². The smallest absolute Gasteiger partial charge is 0.255 e. The van der Waals surface area contributed by atoms with Crippen LogP contribution >= 0.6 is 0 Å². The van der Waals surface area contributed by atoms with E-state index < -0.39 is 0 Å². The lowest BCUT2D eigenvalue weighted by atomic mass is 9.95. The first-order chi connectivity index (χ1) is 13.1. The van der Waals surface area contributed by atoms with Crippen LogP contribution in [0.1, 0.15) is 40.0 Å². The summed E-state index contributed by atoms with van der Waals surface area (Å²) >= 11 is 0. The van der Waals surface area contributed by atoms with Crippen LogP contribution in [-0.4, -0.2) is 37.2 Å². The predicted molar refractivity (Wildman–Crippen MR) is 101 cm³/mol. The minimum absolute atomic E-state index is 0.0431. The molecular formula is C21H22N2O4. The highest BCUT2D eigenvalue weighted by molar-refractivity contribution is 6.09. The van der Waals surface area contributed by atoms with Crippen molar-refractivity contribution in [2.45, 2.75) is 37.5 Å². The third-order valence-electron chi connectivity index (χ3n) is 5.19. The zero-order valence-electron chi connectivity index (χ0n) is 15.1. The maximum absolute atomic E-state index is 12.8. The Labute approximate surface area is 157 Å². The molecule has 2 aromatic rings. The van der Waals surface area contributed by atoms with Crippen LogP contribution in [0, 0.1) is 0 Å². The van der Waals surface area contributed by atoms with Gasteiger partial charge < -0.3 is 20.1 Å². The minimum Gasteiger partial charge on any atom is -0.497 e. The van der Waals surface area contributed by atoms with Gasteiger partial charge in [0.05, 0.1) is 36.6 Å². The number of amides is 2. The largest absolute Gasteiger partial charge is 0.497 e. The van der Waals surface area contributed by atoms with E-state index in [1.54, 1.807) is 55.6 Å². The number of hydrogen-bond acceptors (Lipinski definition) is 4. The SMILES string of the molecule is COc1ccc(C(=O)Nc2ccccc2C(=O)N[C@@H]2C[C@H]3CC[C@@H]2O3)cc1. The molecule has 2 heterocycles. The van der Waals surface area contributed by atoms with Gasteiger partial charge in [-0.3, -0.25) is 9.59 Å². The Bertz CT molecular complexity index is 850. The molecule has 6 nitrogen and oxygen atoms in total. The molecule has 2 bridgehead atoms. The number of carbonyl (C=O) groups is 2. The fourth-order valence-corrected chi connectivity index (χ4v) is 3.76. The van der Waals surface area contributed by atoms with Gasteiger partial charge in [-0.05, 0) is 55.7 Å². The number of methoxy groups -OCH3 is 1. The first-order valence-electron chi connectivity index (χ1n) is 9.15. The molecule has 2 aliphatic heterocycles. The topological polar surface area (TPSA) is 76.7 Å². The highest BCUT2D eigenvalue weighted by atomic mass is 16.5. The Morgan fingerprint density at radius 3 is 2.48 bits per heavy atom. The molecule has 2 fully saturated rings. The molecule has 0 aliphatic carbocycles. The molecule has 0 radical (unpaired) electrons. The lowest BCUT2D eigenvalue weighted by Gasteiger charge is -2.21. The van der Waals surface area contributed by atoms with Gasteiger partial charge in [0, 0.05) is 5.56 Å². The second-order valence-electron chi connectivity index (χ2n) is 6.92. The summed E-state index contributed by atoms with van der Waals surface area (Å²) in [5.41, 5.74) is 1.43. The second kappa shape index (κ2) is 7.40. The first kappa shape index (κ1) is 17.5. The highest BCUT2D eigenvalue weighted by Crippen LogP contribution is 2.34. The summed E-state index contributed by atoms with van der Waals surface area (Å²) in [7, 11) is 1.57. The van der Waals surface area contributed by atoms with E-state index in [2.05, 4.69) is 10.6 Å². The number of anilines is 1. The number of hydrogen-bond donors (Lipinski definition) is 2. The van der Waals surface area contributed by atoms with Gasteiger partial charge in [-0.2, -0.15) is 0 Å². The van der Waals surface area contributed by atoms with E-state index in [1.807, 2.05) is 0 Å². The molecule has 140 valence electrons. The van der Waals surface area contributed by atoms with Gasteiger partial charge in [0.1, 0.15) is 5.75 Å². The van der Waals surface area contributed by atoms with Crippen LogP contribution in [0.25, 0.3) is 0 Å². The number of benzene rings is 2. The number of rotatable bonds is 5. The Balaban J connectivity index is 1.47. The van der Waals surface area contributed by atoms with Crippen molar-refractivity contribution in [1.29, 1.82) is 0 Å². The quantitative estimate of drug-likeness (QED) is 0.853. The second-order valence-corrected chi connectivity index (χ2v) is 6.92. The summed E-state index contributed by atoms with van der Waals surface area (Å²) in [6.45, 7) is 0. The van der Waals surface area contributed by atoms with Crippen LogP contribution < -0.4 is 15.4 Å². The number of nitrogens with one attached hydrogen (secondary N) is 2. The molecule has 0 aromatic heterocycles. The van der Waals surface area contributed by atoms with Crippen molar-refractivity contribution in [2.75, 3.05) is 12.4 Å². The van der Waals surface area contributed by atoms with E-state index in [4.69, 9.17) is 9.47 Å². The normalized spacial score (nSPS) is 23.1. The third-order valence-corrected chi connectivity index (χ3v) is 5.19. The van der Waals surface area contributed by atoms with Crippen LogP contribution in [0.3, 0.4) is 0 Å². The molecule has 27 heavy (non-hydrogen) atoms. The van der Waals surface area contributed by atoms with Gasteiger partial charge in [0.15, 0.2) is 0 Å². The molecule has 0 spiro atoms. The van der Waals surface area contributed by atoms with Crippen LogP contribution in [0.2, 0.25) is 0 Å². The summed E-state index contributed by atoms with van der Waals surface area (Å²) in [5.74, 6) is 0.211. The Kier molecular flexibility index (Phi) is 4.81. The van der Waals surface area contributed by atoms with Gasteiger partial charge in [-0.15, -0.1) is 0 Å². The van der Waals surface area contributed by atoms with Crippen LogP contribution in [0.4, 0.5) is 5.69 Å². The van der Waals surface area contributed by atoms with E-state index in [9.17, 15) is 9.59 Å². The number of carbonyl (C=O) groups excluding carboxylic acids is 2. The molecule has 0 unspecified atom stereocenters. The Hall–Kier alpha value is -2.86. The van der Waals surface area contributed by atoms with Gasteiger partial charge in [-0.25, -0.2) is 0 Å². The van der Waals surface area contributed by atoms with E-state index in [1.165, 1.54) is 0 Å². The Morgan fingerprint density at radius 2 is 1.81 bits per heavy atom. The summed E-state index contributed by atoms with van der Waals surface area (Å²) < 4.78 is 10.9. The summed E-state index contributed by atoms with van der Waals surface area (Å²) in [6, 6.07) is 13.9. The Morgan fingerprint density at radius 1 is 1.04 bits per heavy atom. The molecule has 2 aliphatic rings. The summed E-state index contributed by atoms with van der Waals surface area (Å²) in [4.78, 5) is 25.3. The maximum Gasteiger partial charge on any atom is 0.255 e. The first-order valence-corrected chi connectivity index (χ1v) is 9.15. The van der Waals surface area contributed by atoms with Crippen molar-refractivity contribution in [1.82, 2.24) is 5.32 Å². The molecule has 2 amide bonds. The van der Waals surface area contributed by atoms with Gasteiger partial charge in [0.2, 0.25) is 0 Å². The fraction of sp³-hybridized carbons (Fsp3) is 0.333. The predicted octanol–water partition coefficient (Wildman–Crippen LogP) is 3.00. The van der Waals surface area contributed by atoms with Gasteiger partial charge >= 0.3 is 0 Å².